The van der Waals surface area contributed by atoms with Gasteiger partial charge in [-0.1, -0.05) is 37.0 Å². The first kappa shape index (κ1) is 14.2. The molecule has 0 amide bonds. The predicted molar refractivity (Wildman–Crippen MR) is 69.9 cm³/mol. The van der Waals surface area contributed by atoms with E-state index in [1.807, 2.05) is 13.8 Å². The van der Waals surface area contributed by atoms with Crippen LogP contribution in [0.5, 0.6) is 0 Å². The lowest BCUT2D eigenvalue weighted by Crippen LogP contribution is -2.15. The Morgan fingerprint density at radius 1 is 1.24 bits per heavy atom. The molecular weight excluding hydrogens is 259 g/mol. The van der Waals surface area contributed by atoms with Gasteiger partial charge in [0.25, 0.3) is 0 Å². The van der Waals surface area contributed by atoms with Crippen LogP contribution in [-0.2, 0) is 4.79 Å². The molecule has 0 bridgehead atoms. The molecule has 1 aromatic rings. The van der Waals surface area contributed by atoms with E-state index in [1.54, 1.807) is 12.1 Å². The number of hydrogen-bond acceptors (Lipinski definition) is 2. The zero-order chi connectivity index (χ0) is 13.0. The number of Topliss-reactive ketones (excluding diaryl/α,β-unsaturated/α-hetero) is 2. The van der Waals surface area contributed by atoms with Gasteiger partial charge in [0.15, 0.2) is 5.78 Å². The van der Waals surface area contributed by atoms with Crippen molar-refractivity contribution in [1.29, 1.82) is 0 Å². The van der Waals surface area contributed by atoms with E-state index in [-0.39, 0.29) is 23.9 Å². The van der Waals surface area contributed by atoms with E-state index in [1.165, 1.54) is 6.07 Å². The van der Waals surface area contributed by atoms with Crippen LogP contribution in [0.15, 0.2) is 18.2 Å². The highest BCUT2D eigenvalue weighted by Crippen LogP contribution is 2.23. The number of carbonyl (C=O) groups excluding carboxylic acids is 2. The fraction of sp³-hybridized carbons (Fsp3) is 0.385. The van der Waals surface area contributed by atoms with Gasteiger partial charge in [0.1, 0.15) is 5.78 Å². The highest BCUT2D eigenvalue weighted by molar-refractivity contribution is 6.42. The van der Waals surface area contributed by atoms with Gasteiger partial charge in [-0.3, -0.25) is 9.59 Å². The van der Waals surface area contributed by atoms with Crippen LogP contribution in [0.1, 0.15) is 37.0 Å². The standard InChI is InChI=1S/C13H14Cl2O2/c1-3-8(2)12(16)7-13(17)9-4-5-10(14)11(15)6-9/h4-6,8H,3,7H2,1-2H3. The van der Waals surface area contributed by atoms with Crippen LogP contribution in [0.3, 0.4) is 0 Å². The molecule has 0 spiro atoms. The molecule has 0 aliphatic heterocycles. The van der Waals surface area contributed by atoms with Crippen LogP contribution in [0.4, 0.5) is 0 Å². The van der Waals surface area contributed by atoms with Crippen molar-refractivity contribution < 1.29 is 9.59 Å². The minimum Gasteiger partial charge on any atom is -0.299 e. The van der Waals surface area contributed by atoms with Gasteiger partial charge in [-0.05, 0) is 24.6 Å². The smallest absolute Gasteiger partial charge is 0.170 e. The van der Waals surface area contributed by atoms with E-state index < -0.39 is 0 Å². The van der Waals surface area contributed by atoms with Gasteiger partial charge in [-0.15, -0.1) is 0 Å². The molecule has 0 aliphatic carbocycles. The molecule has 0 saturated carbocycles. The van der Waals surface area contributed by atoms with E-state index in [0.29, 0.717) is 15.6 Å². The fourth-order valence-corrected chi connectivity index (χ4v) is 1.63. The van der Waals surface area contributed by atoms with E-state index in [9.17, 15) is 9.59 Å². The summed E-state index contributed by atoms with van der Waals surface area (Å²) in [6.07, 6.45) is 0.667. The molecule has 1 unspecified atom stereocenters. The van der Waals surface area contributed by atoms with Gasteiger partial charge < -0.3 is 0 Å². The number of halogens is 2. The Morgan fingerprint density at radius 2 is 1.88 bits per heavy atom. The Bertz CT molecular complexity index is 441. The predicted octanol–water partition coefficient (Wildman–Crippen LogP) is 4.18. The summed E-state index contributed by atoms with van der Waals surface area (Å²) in [6, 6.07) is 4.64. The third-order valence-corrected chi connectivity index (χ3v) is 3.48. The van der Waals surface area contributed by atoms with Crippen molar-refractivity contribution in [2.75, 3.05) is 0 Å². The molecule has 17 heavy (non-hydrogen) atoms. The summed E-state index contributed by atoms with van der Waals surface area (Å²) in [6.45, 7) is 3.75. The molecule has 0 N–H and O–H groups in total. The summed E-state index contributed by atoms with van der Waals surface area (Å²) < 4.78 is 0. The normalized spacial score (nSPS) is 12.2. The van der Waals surface area contributed by atoms with Gasteiger partial charge in [0.2, 0.25) is 0 Å². The zero-order valence-electron chi connectivity index (χ0n) is 9.80. The van der Waals surface area contributed by atoms with Crippen LogP contribution in [0, 0.1) is 5.92 Å². The van der Waals surface area contributed by atoms with E-state index in [2.05, 4.69) is 0 Å². The zero-order valence-corrected chi connectivity index (χ0v) is 11.3. The summed E-state index contributed by atoms with van der Waals surface area (Å²) in [5.74, 6) is -0.334. The largest absolute Gasteiger partial charge is 0.299 e. The number of benzene rings is 1. The molecule has 1 rings (SSSR count). The lowest BCUT2D eigenvalue weighted by atomic mass is 9.97. The Morgan fingerprint density at radius 3 is 2.41 bits per heavy atom. The molecule has 4 heteroatoms. The maximum atomic E-state index is 11.8. The summed E-state index contributed by atoms with van der Waals surface area (Å²) in [5, 5.41) is 0.727. The van der Waals surface area contributed by atoms with Crippen LogP contribution < -0.4 is 0 Å². The van der Waals surface area contributed by atoms with Gasteiger partial charge in [-0.25, -0.2) is 0 Å². The van der Waals surface area contributed by atoms with Gasteiger partial charge in [0, 0.05) is 11.5 Å². The molecule has 1 atom stereocenters. The molecular formula is C13H14Cl2O2. The highest BCUT2D eigenvalue weighted by Gasteiger charge is 2.17. The van der Waals surface area contributed by atoms with E-state index in [4.69, 9.17) is 23.2 Å². The van der Waals surface area contributed by atoms with Crippen LogP contribution in [0.2, 0.25) is 10.0 Å². The van der Waals surface area contributed by atoms with Crippen molar-refractivity contribution in [3.8, 4) is 0 Å². The molecule has 92 valence electrons. The Labute approximate surface area is 111 Å². The van der Waals surface area contributed by atoms with Crippen LogP contribution >= 0.6 is 23.2 Å². The van der Waals surface area contributed by atoms with Crippen molar-refractivity contribution in [1.82, 2.24) is 0 Å². The first-order chi connectivity index (χ1) is 7.95. The Balaban J connectivity index is 2.77. The van der Waals surface area contributed by atoms with Crippen molar-refractivity contribution >= 4 is 34.8 Å². The third kappa shape index (κ3) is 3.83. The SMILES string of the molecule is CCC(C)C(=O)CC(=O)c1ccc(Cl)c(Cl)c1. The highest BCUT2D eigenvalue weighted by atomic mass is 35.5. The molecule has 0 heterocycles. The maximum absolute atomic E-state index is 11.8. The van der Waals surface area contributed by atoms with Gasteiger partial charge >= 0.3 is 0 Å². The first-order valence-corrected chi connectivity index (χ1v) is 6.22. The topological polar surface area (TPSA) is 34.1 Å². The molecule has 0 saturated heterocycles. The monoisotopic (exact) mass is 272 g/mol. The summed E-state index contributed by atoms with van der Waals surface area (Å²) in [5.41, 5.74) is 0.427. The second-order valence-electron chi connectivity index (χ2n) is 4.00. The average molecular weight is 273 g/mol. The average Bonchev–Trinajstić information content (AvgIpc) is 2.31. The fourth-order valence-electron chi connectivity index (χ4n) is 1.33. The van der Waals surface area contributed by atoms with Gasteiger partial charge in [0.05, 0.1) is 16.5 Å². The summed E-state index contributed by atoms with van der Waals surface area (Å²) in [4.78, 5) is 23.4. The second-order valence-corrected chi connectivity index (χ2v) is 4.82. The van der Waals surface area contributed by atoms with Crippen LogP contribution in [-0.4, -0.2) is 11.6 Å². The number of hydrogen-bond donors (Lipinski definition) is 0. The molecule has 0 radical (unpaired) electrons. The minimum absolute atomic E-state index is 0.0384. The molecule has 0 aromatic heterocycles. The van der Waals surface area contributed by atoms with Crippen molar-refractivity contribution in [2.45, 2.75) is 26.7 Å². The van der Waals surface area contributed by atoms with Crippen molar-refractivity contribution in [2.24, 2.45) is 5.92 Å². The summed E-state index contributed by atoms with van der Waals surface area (Å²) >= 11 is 11.6. The lowest BCUT2D eigenvalue weighted by molar-refractivity contribution is -0.121. The molecule has 0 aliphatic rings. The van der Waals surface area contributed by atoms with E-state index >= 15 is 0 Å². The second kappa shape index (κ2) is 6.18. The Kier molecular flexibility index (Phi) is 5.16. The minimum atomic E-state index is -0.214. The molecule has 1 aromatic carbocycles. The number of ketones is 2. The maximum Gasteiger partial charge on any atom is 0.170 e. The third-order valence-electron chi connectivity index (χ3n) is 2.74. The lowest BCUT2D eigenvalue weighted by Gasteiger charge is -2.07. The first-order valence-electron chi connectivity index (χ1n) is 5.46. The molecule has 2 nitrogen and oxygen atoms in total. The number of carbonyl (C=O) groups is 2. The number of rotatable bonds is 5. The van der Waals surface area contributed by atoms with E-state index in [0.717, 1.165) is 6.42 Å². The van der Waals surface area contributed by atoms with Gasteiger partial charge in [-0.2, -0.15) is 0 Å². The van der Waals surface area contributed by atoms with Crippen LogP contribution in [0.25, 0.3) is 0 Å². The van der Waals surface area contributed by atoms with Crippen molar-refractivity contribution in [3.63, 3.8) is 0 Å². The Hall–Kier alpha value is -0.860. The van der Waals surface area contributed by atoms with Crippen molar-refractivity contribution in [3.05, 3.63) is 33.8 Å². The summed E-state index contributed by atoms with van der Waals surface area (Å²) in [7, 11) is 0. The quantitative estimate of drug-likeness (QED) is 0.595. The molecule has 0 fully saturated rings.